The van der Waals surface area contributed by atoms with Crippen LogP contribution < -0.4 is 29.6 Å². The number of urea groups is 2. The fourth-order valence-electron chi connectivity index (χ4n) is 3.39. The van der Waals surface area contributed by atoms with E-state index in [9.17, 15) is 26.4 Å². The maximum absolute atomic E-state index is 12.5. The SMILES string of the molecule is CCCS(=O)(=O)Oc1cccc(NC(=O)Nc2cccc(NC(=O)Nc3cccc(OS(=O)(=O)CCC)c3)c2)c1. The van der Waals surface area contributed by atoms with Gasteiger partial charge in [0.15, 0.2) is 0 Å². The quantitative estimate of drug-likeness (QED) is 0.208. The Morgan fingerprint density at radius 2 is 0.900 bits per heavy atom. The molecule has 3 aromatic carbocycles. The number of carbonyl (C=O) groups excluding carboxylic acids is 2. The zero-order valence-electron chi connectivity index (χ0n) is 21.8. The van der Waals surface area contributed by atoms with Crippen molar-refractivity contribution in [1.29, 1.82) is 0 Å². The first-order valence-corrected chi connectivity index (χ1v) is 15.4. The molecule has 0 aliphatic rings. The minimum atomic E-state index is -3.72. The van der Waals surface area contributed by atoms with Crippen molar-refractivity contribution in [3.8, 4) is 11.5 Å². The topological polar surface area (TPSA) is 169 Å². The van der Waals surface area contributed by atoms with E-state index in [4.69, 9.17) is 8.37 Å². The van der Waals surface area contributed by atoms with E-state index in [1.807, 2.05) is 0 Å². The number of hydrogen-bond donors (Lipinski definition) is 4. The smallest absolute Gasteiger partial charge is 0.323 e. The fourth-order valence-corrected chi connectivity index (χ4v) is 5.35. The molecule has 0 radical (unpaired) electrons. The lowest BCUT2D eigenvalue weighted by Crippen LogP contribution is -2.21. The zero-order valence-corrected chi connectivity index (χ0v) is 23.5. The number of hydrogen-bond acceptors (Lipinski definition) is 8. The molecule has 3 aromatic rings. The Labute approximate surface area is 233 Å². The van der Waals surface area contributed by atoms with Gasteiger partial charge >= 0.3 is 32.3 Å². The van der Waals surface area contributed by atoms with E-state index < -0.39 is 32.3 Å². The Hall–Kier alpha value is -4.30. The van der Waals surface area contributed by atoms with Gasteiger partial charge in [0.25, 0.3) is 0 Å². The first kappa shape index (κ1) is 30.2. The summed E-state index contributed by atoms with van der Waals surface area (Å²) in [5.74, 6) is -0.110. The predicted molar refractivity (Wildman–Crippen MR) is 154 cm³/mol. The van der Waals surface area contributed by atoms with Crippen LogP contribution in [0, 0.1) is 0 Å². The van der Waals surface area contributed by atoms with Crippen molar-refractivity contribution < 1.29 is 34.8 Å². The maximum Gasteiger partial charge on any atom is 0.323 e. The second kappa shape index (κ2) is 13.7. The molecule has 0 saturated carbocycles. The van der Waals surface area contributed by atoms with Crippen LogP contribution in [0.2, 0.25) is 0 Å². The number of amides is 4. The summed E-state index contributed by atoms with van der Waals surface area (Å²) in [6.07, 6.45) is 0.817. The average Bonchev–Trinajstić information content (AvgIpc) is 2.83. The minimum absolute atomic E-state index is 0.0724. The highest BCUT2D eigenvalue weighted by Crippen LogP contribution is 2.22. The Morgan fingerprint density at radius 1 is 0.575 bits per heavy atom. The largest absolute Gasteiger partial charge is 0.382 e. The molecule has 0 aliphatic carbocycles. The Morgan fingerprint density at radius 3 is 1.25 bits per heavy atom. The van der Waals surface area contributed by atoms with E-state index >= 15 is 0 Å². The first-order chi connectivity index (χ1) is 19.0. The molecule has 0 saturated heterocycles. The first-order valence-electron chi connectivity index (χ1n) is 12.3. The van der Waals surface area contributed by atoms with E-state index in [-0.39, 0.29) is 23.0 Å². The van der Waals surface area contributed by atoms with Crippen LogP contribution in [-0.2, 0) is 20.2 Å². The highest BCUT2D eigenvalue weighted by molar-refractivity contribution is 7.87. The van der Waals surface area contributed by atoms with E-state index in [0.29, 0.717) is 35.6 Å². The molecule has 0 unspecified atom stereocenters. The molecule has 0 atom stereocenters. The molecule has 12 nitrogen and oxygen atoms in total. The molecule has 40 heavy (non-hydrogen) atoms. The number of carbonyl (C=O) groups is 2. The summed E-state index contributed by atoms with van der Waals surface area (Å²) in [7, 11) is -7.45. The highest BCUT2D eigenvalue weighted by atomic mass is 32.2. The van der Waals surface area contributed by atoms with Gasteiger partial charge in [0, 0.05) is 34.9 Å². The van der Waals surface area contributed by atoms with E-state index in [0.717, 1.165) is 0 Å². The van der Waals surface area contributed by atoms with Crippen molar-refractivity contribution in [1.82, 2.24) is 0 Å². The molecule has 0 bridgehead atoms. The number of nitrogens with one attached hydrogen (secondary N) is 4. The van der Waals surface area contributed by atoms with Crippen LogP contribution in [0.4, 0.5) is 32.3 Å². The molecule has 0 heterocycles. The third kappa shape index (κ3) is 10.1. The number of benzene rings is 3. The summed E-state index contributed by atoms with van der Waals surface area (Å²) in [5.41, 5.74) is 1.35. The molecule has 0 aliphatic heterocycles. The van der Waals surface area contributed by atoms with Gasteiger partial charge in [-0.1, -0.05) is 32.0 Å². The Balaban J connectivity index is 1.57. The predicted octanol–water partition coefficient (Wildman–Crippen LogP) is 5.21. The third-order valence-corrected chi connectivity index (χ3v) is 7.63. The second-order valence-corrected chi connectivity index (χ2v) is 11.9. The zero-order chi connectivity index (χ0) is 29.2. The van der Waals surface area contributed by atoms with Crippen LogP contribution in [0.1, 0.15) is 26.7 Å². The molecule has 0 fully saturated rings. The molecule has 4 N–H and O–H groups in total. The van der Waals surface area contributed by atoms with Crippen molar-refractivity contribution in [3.05, 3.63) is 72.8 Å². The highest BCUT2D eigenvalue weighted by Gasteiger charge is 2.14. The van der Waals surface area contributed by atoms with E-state index in [1.165, 1.54) is 30.3 Å². The molecular weight excluding hydrogens is 560 g/mol. The summed E-state index contributed by atoms with van der Waals surface area (Å²) < 4.78 is 57.6. The van der Waals surface area contributed by atoms with Crippen LogP contribution in [0.15, 0.2) is 72.8 Å². The van der Waals surface area contributed by atoms with Gasteiger partial charge in [0.05, 0.1) is 11.5 Å². The van der Waals surface area contributed by atoms with Gasteiger partial charge in [0.1, 0.15) is 11.5 Å². The third-order valence-electron chi connectivity index (χ3n) is 4.92. The molecule has 0 aromatic heterocycles. The Bertz CT molecular complexity index is 1450. The van der Waals surface area contributed by atoms with Crippen LogP contribution in [0.5, 0.6) is 11.5 Å². The van der Waals surface area contributed by atoms with E-state index in [2.05, 4.69) is 21.3 Å². The van der Waals surface area contributed by atoms with Crippen molar-refractivity contribution in [2.75, 3.05) is 32.8 Å². The lowest BCUT2D eigenvalue weighted by atomic mass is 10.2. The standard InChI is InChI=1S/C26H30N4O8S2/c1-3-14-39(33,34)37-23-12-6-10-21(17-23)29-25(31)27-19-8-5-9-20(16-19)28-26(32)30-22-11-7-13-24(18-22)38-40(35,36)15-4-2/h5-13,16-18H,3-4,14-15H2,1-2H3,(H2,27,29,31)(H2,28,30,32). The number of rotatable bonds is 12. The van der Waals surface area contributed by atoms with Crippen molar-refractivity contribution in [2.24, 2.45) is 0 Å². The summed E-state index contributed by atoms with van der Waals surface area (Å²) in [5, 5.41) is 10.4. The average molecular weight is 591 g/mol. The van der Waals surface area contributed by atoms with Gasteiger partial charge in [-0.05, 0) is 55.3 Å². The molecule has 214 valence electrons. The van der Waals surface area contributed by atoms with Crippen LogP contribution >= 0.6 is 0 Å². The van der Waals surface area contributed by atoms with Crippen LogP contribution in [-0.4, -0.2) is 40.4 Å². The fraction of sp³-hybridized carbons (Fsp3) is 0.231. The molecule has 3 rings (SSSR count). The lowest BCUT2D eigenvalue weighted by molar-refractivity contribution is 0.261. The minimum Gasteiger partial charge on any atom is -0.382 e. The van der Waals surface area contributed by atoms with Crippen molar-refractivity contribution in [2.45, 2.75) is 26.7 Å². The van der Waals surface area contributed by atoms with Gasteiger partial charge in [-0.2, -0.15) is 16.8 Å². The van der Waals surface area contributed by atoms with Gasteiger partial charge in [0.2, 0.25) is 0 Å². The molecular formula is C26H30N4O8S2. The summed E-state index contributed by atoms with van der Waals surface area (Å²) >= 11 is 0. The van der Waals surface area contributed by atoms with Crippen LogP contribution in [0.25, 0.3) is 0 Å². The van der Waals surface area contributed by atoms with Crippen molar-refractivity contribution in [3.63, 3.8) is 0 Å². The van der Waals surface area contributed by atoms with Gasteiger partial charge in [-0.3, -0.25) is 0 Å². The normalized spacial score (nSPS) is 11.2. The van der Waals surface area contributed by atoms with Gasteiger partial charge in [-0.15, -0.1) is 0 Å². The maximum atomic E-state index is 12.5. The second-order valence-electron chi connectivity index (χ2n) is 8.48. The monoisotopic (exact) mass is 590 g/mol. The van der Waals surface area contributed by atoms with Crippen LogP contribution in [0.3, 0.4) is 0 Å². The van der Waals surface area contributed by atoms with Gasteiger partial charge < -0.3 is 29.6 Å². The molecule has 4 amide bonds. The summed E-state index contributed by atoms with van der Waals surface area (Å²) in [6, 6.07) is 17.1. The molecule has 0 spiro atoms. The molecule has 14 heteroatoms. The van der Waals surface area contributed by atoms with Gasteiger partial charge in [-0.25, -0.2) is 9.59 Å². The number of anilines is 4. The summed E-state index contributed by atoms with van der Waals surface area (Å²) in [6.45, 7) is 3.44. The van der Waals surface area contributed by atoms with Crippen molar-refractivity contribution >= 4 is 55.0 Å². The lowest BCUT2D eigenvalue weighted by Gasteiger charge is -2.12. The Kier molecular flexibility index (Phi) is 10.3. The summed E-state index contributed by atoms with van der Waals surface area (Å²) in [4.78, 5) is 25.0. The van der Waals surface area contributed by atoms with E-state index in [1.54, 1.807) is 56.3 Å².